The third-order valence-corrected chi connectivity index (χ3v) is 5.07. The van der Waals surface area contributed by atoms with Crippen LogP contribution in [-0.4, -0.2) is 18.0 Å². The van der Waals surface area contributed by atoms with Crippen molar-refractivity contribution in [1.29, 1.82) is 0 Å². The Morgan fingerprint density at radius 1 is 0.879 bits per heavy atom. The Morgan fingerprint density at radius 2 is 1.58 bits per heavy atom. The minimum absolute atomic E-state index is 0.0413. The van der Waals surface area contributed by atoms with Gasteiger partial charge < -0.3 is 10.1 Å². The molecule has 3 aromatic carbocycles. The molecule has 0 radical (unpaired) electrons. The van der Waals surface area contributed by atoms with Gasteiger partial charge in [0.2, 0.25) is 11.8 Å². The number of aryl methyl sites for hydroxylation is 3. The number of anilines is 1. The van der Waals surface area contributed by atoms with E-state index in [9.17, 15) is 9.59 Å². The summed E-state index contributed by atoms with van der Waals surface area (Å²) >= 11 is 0. The molecule has 0 saturated heterocycles. The number of carbonyl (C=O) groups excluding carboxylic acids is 2. The quantitative estimate of drug-likeness (QED) is 0.358. The standard InChI is InChI=1S/C27H29N3O3/c1-19-9-12-22(13-10-19)18-33-25-7-5-4-6-23(25)17-28-30-27(32)15-14-26(31)29-24-16-20(2)8-11-21(24)3/h4-13,16-17H,14-15,18H2,1-3H3,(H,29,31)(H,30,32). The smallest absolute Gasteiger partial charge is 0.240 e. The van der Waals surface area contributed by atoms with E-state index < -0.39 is 0 Å². The van der Waals surface area contributed by atoms with Gasteiger partial charge in [-0.25, -0.2) is 5.43 Å². The molecule has 0 aliphatic carbocycles. The minimum atomic E-state index is -0.333. The maximum atomic E-state index is 12.2. The van der Waals surface area contributed by atoms with Crippen molar-refractivity contribution in [3.8, 4) is 5.75 Å². The van der Waals surface area contributed by atoms with Crippen LogP contribution >= 0.6 is 0 Å². The van der Waals surface area contributed by atoms with Crippen molar-refractivity contribution in [2.24, 2.45) is 5.10 Å². The molecule has 0 saturated carbocycles. The van der Waals surface area contributed by atoms with Gasteiger partial charge in [-0.05, 0) is 55.7 Å². The van der Waals surface area contributed by atoms with E-state index in [0.717, 1.165) is 27.9 Å². The number of amides is 2. The monoisotopic (exact) mass is 443 g/mol. The van der Waals surface area contributed by atoms with E-state index in [2.05, 4.69) is 15.8 Å². The minimum Gasteiger partial charge on any atom is -0.488 e. The summed E-state index contributed by atoms with van der Waals surface area (Å²) in [6, 6.07) is 21.5. The molecule has 6 heteroatoms. The molecule has 0 unspecified atom stereocenters. The van der Waals surface area contributed by atoms with Crippen molar-refractivity contribution < 1.29 is 14.3 Å². The Labute approximate surface area is 194 Å². The van der Waals surface area contributed by atoms with Crippen molar-refractivity contribution in [1.82, 2.24) is 5.43 Å². The molecule has 0 bridgehead atoms. The van der Waals surface area contributed by atoms with Gasteiger partial charge in [-0.2, -0.15) is 5.10 Å². The highest BCUT2D eigenvalue weighted by molar-refractivity contribution is 5.94. The molecule has 0 aliphatic rings. The number of hydrogen-bond donors (Lipinski definition) is 2. The van der Waals surface area contributed by atoms with Crippen LogP contribution in [0.5, 0.6) is 5.75 Å². The number of nitrogens with zero attached hydrogens (tertiary/aromatic N) is 1. The second kappa shape index (κ2) is 11.6. The first-order valence-electron chi connectivity index (χ1n) is 10.9. The van der Waals surface area contributed by atoms with Crippen LogP contribution in [-0.2, 0) is 16.2 Å². The first-order chi connectivity index (χ1) is 15.9. The van der Waals surface area contributed by atoms with Crippen molar-refractivity contribution in [2.75, 3.05) is 5.32 Å². The molecule has 0 atom stereocenters. The van der Waals surface area contributed by atoms with Crippen LogP contribution in [0.2, 0.25) is 0 Å². The third kappa shape index (κ3) is 7.61. The van der Waals surface area contributed by atoms with E-state index in [-0.39, 0.29) is 24.7 Å². The maximum absolute atomic E-state index is 12.2. The number of benzene rings is 3. The van der Waals surface area contributed by atoms with Crippen LogP contribution in [0.15, 0.2) is 71.8 Å². The summed E-state index contributed by atoms with van der Waals surface area (Å²) in [6.07, 6.45) is 1.66. The van der Waals surface area contributed by atoms with Crippen LogP contribution in [0.25, 0.3) is 0 Å². The molecule has 0 aromatic heterocycles. The Morgan fingerprint density at radius 3 is 2.36 bits per heavy atom. The average Bonchev–Trinajstić information content (AvgIpc) is 2.80. The van der Waals surface area contributed by atoms with E-state index in [1.165, 1.54) is 5.56 Å². The van der Waals surface area contributed by atoms with E-state index in [4.69, 9.17) is 4.74 Å². The highest BCUT2D eigenvalue weighted by Gasteiger charge is 2.09. The van der Waals surface area contributed by atoms with E-state index >= 15 is 0 Å². The number of hydrogen-bond acceptors (Lipinski definition) is 4. The molecule has 6 nitrogen and oxygen atoms in total. The summed E-state index contributed by atoms with van der Waals surface area (Å²) in [5, 5.41) is 6.87. The van der Waals surface area contributed by atoms with Crippen LogP contribution in [0.3, 0.4) is 0 Å². The number of para-hydroxylation sites is 1. The number of hydrazone groups is 1. The molecule has 0 aliphatic heterocycles. The Bertz CT molecular complexity index is 1140. The Hall–Kier alpha value is -3.93. The lowest BCUT2D eigenvalue weighted by Gasteiger charge is -2.09. The third-order valence-electron chi connectivity index (χ3n) is 5.07. The second-order valence-electron chi connectivity index (χ2n) is 7.97. The number of nitrogens with one attached hydrogen (secondary N) is 2. The zero-order valence-corrected chi connectivity index (χ0v) is 19.2. The first-order valence-corrected chi connectivity index (χ1v) is 10.9. The molecule has 0 heterocycles. The molecule has 2 N–H and O–H groups in total. The van der Waals surface area contributed by atoms with Gasteiger partial charge >= 0.3 is 0 Å². The van der Waals surface area contributed by atoms with E-state index in [0.29, 0.717) is 12.4 Å². The molecule has 3 aromatic rings. The lowest BCUT2D eigenvalue weighted by molar-refractivity contribution is -0.124. The molecule has 3 rings (SSSR count). The van der Waals surface area contributed by atoms with Crippen LogP contribution < -0.4 is 15.5 Å². The molecule has 2 amide bonds. The Kier molecular flexibility index (Phi) is 8.36. The van der Waals surface area contributed by atoms with Gasteiger partial charge in [-0.1, -0.05) is 54.1 Å². The lowest BCUT2D eigenvalue weighted by Crippen LogP contribution is -2.21. The number of ether oxygens (including phenoxy) is 1. The fourth-order valence-electron chi connectivity index (χ4n) is 3.10. The summed E-state index contributed by atoms with van der Waals surface area (Å²) in [5.74, 6) is 0.127. The SMILES string of the molecule is Cc1ccc(COc2ccccc2C=NNC(=O)CCC(=O)Nc2cc(C)ccc2C)cc1. The fourth-order valence-corrected chi connectivity index (χ4v) is 3.10. The fraction of sp³-hybridized carbons (Fsp3) is 0.222. The largest absolute Gasteiger partial charge is 0.488 e. The molecule has 170 valence electrons. The van der Waals surface area contributed by atoms with Crippen LogP contribution in [0.4, 0.5) is 5.69 Å². The van der Waals surface area contributed by atoms with Crippen molar-refractivity contribution in [2.45, 2.75) is 40.2 Å². The van der Waals surface area contributed by atoms with Gasteiger partial charge in [0.05, 0.1) is 6.21 Å². The predicted octanol–water partition coefficient (Wildman–Crippen LogP) is 5.06. The number of rotatable bonds is 9. The van der Waals surface area contributed by atoms with Gasteiger partial charge in [0.1, 0.15) is 12.4 Å². The topological polar surface area (TPSA) is 79.8 Å². The summed E-state index contributed by atoms with van der Waals surface area (Å²) < 4.78 is 5.92. The van der Waals surface area contributed by atoms with Crippen molar-refractivity contribution in [3.05, 3.63) is 94.5 Å². The van der Waals surface area contributed by atoms with Gasteiger partial charge in [0, 0.05) is 24.1 Å². The summed E-state index contributed by atoms with van der Waals surface area (Å²) in [7, 11) is 0. The zero-order chi connectivity index (χ0) is 23.6. The molecule has 0 spiro atoms. The average molecular weight is 444 g/mol. The highest BCUT2D eigenvalue weighted by atomic mass is 16.5. The van der Waals surface area contributed by atoms with Gasteiger partial charge in [0.15, 0.2) is 0 Å². The van der Waals surface area contributed by atoms with Gasteiger partial charge in [-0.15, -0.1) is 0 Å². The van der Waals surface area contributed by atoms with E-state index in [1.807, 2.05) is 87.5 Å². The van der Waals surface area contributed by atoms with Crippen LogP contribution in [0, 0.1) is 20.8 Å². The van der Waals surface area contributed by atoms with E-state index in [1.54, 1.807) is 6.21 Å². The lowest BCUT2D eigenvalue weighted by atomic mass is 10.1. The summed E-state index contributed by atoms with van der Waals surface area (Å²) in [6.45, 7) is 6.38. The maximum Gasteiger partial charge on any atom is 0.240 e. The highest BCUT2D eigenvalue weighted by Crippen LogP contribution is 2.18. The van der Waals surface area contributed by atoms with Gasteiger partial charge in [0.25, 0.3) is 0 Å². The summed E-state index contributed by atoms with van der Waals surface area (Å²) in [4.78, 5) is 24.3. The summed E-state index contributed by atoms with van der Waals surface area (Å²) in [5.41, 5.74) is 8.29. The van der Waals surface area contributed by atoms with Crippen molar-refractivity contribution >= 4 is 23.7 Å². The number of carbonyl (C=O) groups is 2. The van der Waals surface area contributed by atoms with Crippen LogP contribution in [0.1, 0.15) is 40.7 Å². The Balaban J connectivity index is 1.47. The molecule has 33 heavy (non-hydrogen) atoms. The molecule has 0 fully saturated rings. The van der Waals surface area contributed by atoms with Crippen molar-refractivity contribution in [3.63, 3.8) is 0 Å². The first kappa shape index (κ1) is 23.7. The predicted molar refractivity (Wildman–Crippen MR) is 131 cm³/mol. The zero-order valence-electron chi connectivity index (χ0n) is 19.2. The molecular formula is C27H29N3O3. The normalized spacial score (nSPS) is 10.8. The molecular weight excluding hydrogens is 414 g/mol. The van der Waals surface area contributed by atoms with Gasteiger partial charge in [-0.3, -0.25) is 9.59 Å². The second-order valence-corrected chi connectivity index (χ2v) is 7.97.